The van der Waals surface area contributed by atoms with E-state index < -0.39 is 4.92 Å². The number of nitrogen functional groups attached to an aromatic ring is 1. The Morgan fingerprint density at radius 2 is 2.47 bits per heavy atom. The lowest BCUT2D eigenvalue weighted by Crippen LogP contribution is -2.28. The zero-order chi connectivity index (χ0) is 13.9. The first-order valence-electron chi connectivity index (χ1n) is 5.90. The van der Waals surface area contributed by atoms with Crippen molar-refractivity contribution in [2.24, 2.45) is 5.84 Å². The van der Waals surface area contributed by atoms with E-state index in [-0.39, 0.29) is 22.2 Å². The van der Waals surface area contributed by atoms with Gasteiger partial charge in [0, 0.05) is 11.3 Å². The van der Waals surface area contributed by atoms with Gasteiger partial charge in [-0.05, 0) is 25.5 Å². The van der Waals surface area contributed by atoms with Gasteiger partial charge >= 0.3 is 5.69 Å². The summed E-state index contributed by atoms with van der Waals surface area (Å²) in [6, 6.07) is 0. The van der Waals surface area contributed by atoms with E-state index >= 15 is 0 Å². The summed E-state index contributed by atoms with van der Waals surface area (Å²) in [5, 5.41) is 14.0. The first-order chi connectivity index (χ1) is 9.04. The average molecular weight is 284 g/mol. The summed E-state index contributed by atoms with van der Waals surface area (Å²) in [6.45, 7) is 2.77. The van der Waals surface area contributed by atoms with E-state index in [1.807, 2.05) is 11.8 Å². The molecule has 4 N–H and O–H groups in total. The molecule has 1 fully saturated rings. The van der Waals surface area contributed by atoms with Crippen LogP contribution < -0.4 is 16.6 Å². The Labute approximate surface area is 114 Å². The maximum atomic E-state index is 10.9. The molecular weight excluding hydrogens is 268 g/mol. The van der Waals surface area contributed by atoms with Crippen molar-refractivity contribution in [3.05, 3.63) is 16.3 Å². The molecule has 0 aliphatic carbocycles. The maximum Gasteiger partial charge on any atom is 0.329 e. The highest BCUT2D eigenvalue weighted by molar-refractivity contribution is 8.00. The number of nitrogens with two attached hydrogens (primary N) is 1. The number of nitro groups is 1. The van der Waals surface area contributed by atoms with Gasteiger partial charge in [-0.3, -0.25) is 15.5 Å². The number of thioether (sulfide) groups is 1. The second-order valence-electron chi connectivity index (χ2n) is 4.58. The topological polar surface area (TPSA) is 119 Å². The number of nitrogens with one attached hydrogen (secondary N) is 2. The number of nitrogens with zero attached hydrogens (tertiary/aromatic N) is 3. The molecule has 0 aromatic carbocycles. The monoisotopic (exact) mass is 284 g/mol. The highest BCUT2D eigenvalue weighted by Crippen LogP contribution is 2.38. The highest BCUT2D eigenvalue weighted by atomic mass is 32.2. The molecule has 8 nitrogen and oxygen atoms in total. The summed E-state index contributed by atoms with van der Waals surface area (Å²) in [4.78, 5) is 18.2. The summed E-state index contributed by atoms with van der Waals surface area (Å²) in [5.41, 5.74) is 2.13. The molecule has 2 heterocycles. The summed E-state index contributed by atoms with van der Waals surface area (Å²) in [6.07, 6.45) is 3.41. The Bertz CT molecular complexity index is 477. The predicted octanol–water partition coefficient (Wildman–Crippen LogP) is 1.37. The number of anilines is 2. The van der Waals surface area contributed by atoms with E-state index in [1.54, 1.807) is 0 Å². The fourth-order valence-electron chi connectivity index (χ4n) is 1.96. The molecule has 0 amide bonds. The van der Waals surface area contributed by atoms with E-state index in [9.17, 15) is 10.1 Å². The van der Waals surface area contributed by atoms with Gasteiger partial charge in [-0.15, -0.1) is 0 Å². The third-order valence-electron chi connectivity index (χ3n) is 3.03. The van der Waals surface area contributed by atoms with Crippen molar-refractivity contribution < 1.29 is 4.92 Å². The van der Waals surface area contributed by atoms with Crippen LogP contribution in [0.1, 0.15) is 19.8 Å². The van der Waals surface area contributed by atoms with Crippen LogP contribution in [0.4, 0.5) is 17.5 Å². The first-order valence-corrected chi connectivity index (χ1v) is 6.88. The molecule has 2 rings (SSSR count). The van der Waals surface area contributed by atoms with E-state index in [2.05, 4.69) is 27.6 Å². The normalized spacial score (nSPS) is 22.2. The summed E-state index contributed by atoms with van der Waals surface area (Å²) in [5.74, 6) is 6.68. The van der Waals surface area contributed by atoms with Gasteiger partial charge in [0.25, 0.3) is 0 Å². The largest absolute Gasteiger partial charge is 0.363 e. The fraction of sp³-hybridized carbons (Fsp3) is 0.600. The summed E-state index contributed by atoms with van der Waals surface area (Å²) in [7, 11) is 0. The molecule has 0 radical (unpaired) electrons. The lowest BCUT2D eigenvalue weighted by molar-refractivity contribution is -0.384. The Morgan fingerprint density at radius 3 is 3.05 bits per heavy atom. The summed E-state index contributed by atoms with van der Waals surface area (Å²) >= 11 is 1.87. The second kappa shape index (κ2) is 5.57. The number of hydrogen-bond donors (Lipinski definition) is 3. The number of rotatable bonds is 5. The van der Waals surface area contributed by atoms with E-state index in [0.717, 1.165) is 18.4 Å². The van der Waals surface area contributed by atoms with Crippen LogP contribution in [0.15, 0.2) is 6.20 Å². The quantitative estimate of drug-likeness (QED) is 0.421. The van der Waals surface area contributed by atoms with E-state index in [0.29, 0.717) is 6.54 Å². The highest BCUT2D eigenvalue weighted by Gasteiger charge is 2.30. The molecule has 1 saturated heterocycles. The third kappa shape index (κ3) is 3.24. The van der Waals surface area contributed by atoms with Crippen molar-refractivity contribution >= 4 is 29.2 Å². The minimum absolute atomic E-state index is 0.0924. The van der Waals surface area contributed by atoms with Crippen molar-refractivity contribution in [2.45, 2.75) is 24.5 Å². The molecule has 1 unspecified atom stereocenters. The minimum Gasteiger partial charge on any atom is -0.363 e. The van der Waals surface area contributed by atoms with Crippen molar-refractivity contribution in [3.8, 4) is 0 Å². The van der Waals surface area contributed by atoms with Gasteiger partial charge in [0.15, 0.2) is 0 Å². The van der Waals surface area contributed by atoms with Gasteiger partial charge in [0.2, 0.25) is 11.8 Å². The second-order valence-corrected chi connectivity index (χ2v) is 6.27. The molecule has 1 aliphatic heterocycles. The maximum absolute atomic E-state index is 10.9. The Kier molecular flexibility index (Phi) is 4.05. The first kappa shape index (κ1) is 13.8. The zero-order valence-electron chi connectivity index (χ0n) is 10.5. The van der Waals surface area contributed by atoms with Gasteiger partial charge in [0.05, 0.1) is 4.92 Å². The van der Waals surface area contributed by atoms with E-state index in [1.165, 1.54) is 6.42 Å². The molecule has 1 aromatic heterocycles. The molecule has 0 bridgehead atoms. The molecule has 0 saturated carbocycles. The molecular formula is C10H16N6O2S. The van der Waals surface area contributed by atoms with Crippen LogP contribution in [0.3, 0.4) is 0 Å². The van der Waals surface area contributed by atoms with Crippen LogP contribution in [-0.4, -0.2) is 31.9 Å². The molecule has 1 aliphatic rings. The van der Waals surface area contributed by atoms with Gasteiger partial charge in [-0.2, -0.15) is 16.7 Å². The van der Waals surface area contributed by atoms with Crippen LogP contribution in [0.25, 0.3) is 0 Å². The Balaban J connectivity index is 2.15. The number of hydrogen-bond acceptors (Lipinski definition) is 8. The number of hydrazine groups is 1. The molecule has 1 aromatic rings. The average Bonchev–Trinajstić information content (AvgIpc) is 2.83. The van der Waals surface area contributed by atoms with Gasteiger partial charge in [-0.1, -0.05) is 0 Å². The van der Waals surface area contributed by atoms with Crippen molar-refractivity contribution in [1.29, 1.82) is 0 Å². The molecule has 19 heavy (non-hydrogen) atoms. The van der Waals surface area contributed by atoms with Crippen LogP contribution >= 0.6 is 11.8 Å². The lowest BCUT2D eigenvalue weighted by atomic mass is 10.1. The van der Waals surface area contributed by atoms with Crippen LogP contribution in [0.5, 0.6) is 0 Å². The smallest absolute Gasteiger partial charge is 0.329 e. The number of aromatic nitrogens is 2. The fourth-order valence-corrected chi connectivity index (χ4v) is 3.20. The van der Waals surface area contributed by atoms with Gasteiger partial charge < -0.3 is 5.32 Å². The predicted molar refractivity (Wildman–Crippen MR) is 75.1 cm³/mol. The van der Waals surface area contributed by atoms with Gasteiger partial charge in [-0.25, -0.2) is 10.8 Å². The summed E-state index contributed by atoms with van der Waals surface area (Å²) < 4.78 is 0.0924. The molecule has 104 valence electrons. The lowest BCUT2D eigenvalue weighted by Gasteiger charge is -2.23. The van der Waals surface area contributed by atoms with Crippen molar-refractivity contribution in [1.82, 2.24) is 9.97 Å². The van der Waals surface area contributed by atoms with Crippen molar-refractivity contribution in [2.75, 3.05) is 23.0 Å². The molecule has 0 spiro atoms. The van der Waals surface area contributed by atoms with Crippen LogP contribution in [-0.2, 0) is 0 Å². The van der Waals surface area contributed by atoms with Crippen LogP contribution in [0.2, 0.25) is 0 Å². The SMILES string of the molecule is CC1(CNc2nc(NN)ncc2[N+](=O)[O-])CCCS1. The van der Waals surface area contributed by atoms with Crippen LogP contribution in [0, 0.1) is 10.1 Å². The zero-order valence-corrected chi connectivity index (χ0v) is 11.4. The van der Waals surface area contributed by atoms with Crippen molar-refractivity contribution in [3.63, 3.8) is 0 Å². The van der Waals surface area contributed by atoms with E-state index in [4.69, 9.17) is 5.84 Å². The Hall–Kier alpha value is -1.61. The molecule has 1 atom stereocenters. The molecule has 9 heteroatoms. The Morgan fingerprint density at radius 1 is 1.68 bits per heavy atom. The standard InChI is InChI=1S/C10H16N6O2S/c1-10(3-2-4-19-10)6-13-8-7(16(17)18)5-12-9(14-8)15-11/h5H,2-4,6,11H2,1H3,(H2,12,13,14,15). The van der Waals surface area contributed by atoms with Gasteiger partial charge in [0.1, 0.15) is 6.20 Å². The third-order valence-corrected chi connectivity index (χ3v) is 4.56. The minimum atomic E-state index is -0.507.